The Morgan fingerprint density at radius 1 is 0.947 bits per heavy atom. The number of rotatable bonds is 2. The van der Waals surface area contributed by atoms with Gasteiger partial charge in [-0.25, -0.2) is 0 Å². The second-order valence-electron chi connectivity index (χ2n) is 5.61. The molecule has 0 N–H and O–H groups in total. The van der Waals surface area contributed by atoms with Crippen LogP contribution < -0.4 is 0 Å². The highest BCUT2D eigenvalue weighted by molar-refractivity contribution is 7.15. The predicted octanol–water partition coefficient (Wildman–Crippen LogP) is 5.79. The molecule has 0 saturated carbocycles. The molecule has 0 bridgehead atoms. The number of hydrogen-bond donors (Lipinski definition) is 0. The fraction of sp³-hybridized carbons (Fsp3) is 0.333. The van der Waals surface area contributed by atoms with Gasteiger partial charge in [-0.2, -0.15) is 0 Å². The standard InChI is InChI=1S/C18H20S/c1-13-3-7-15(8-4-13)17-11-12-18(19-17)16-9-5-14(2)6-10-16/h3-5,7-9,11-12,14,16H,6,10H2,1-2H3. The maximum absolute atomic E-state index is 2.40. The highest BCUT2D eigenvalue weighted by Crippen LogP contribution is 2.37. The Kier molecular flexibility index (Phi) is 3.56. The summed E-state index contributed by atoms with van der Waals surface area (Å²) in [6, 6.07) is 13.4. The van der Waals surface area contributed by atoms with E-state index in [1.807, 2.05) is 11.3 Å². The first-order valence-electron chi connectivity index (χ1n) is 7.07. The van der Waals surface area contributed by atoms with Crippen LogP contribution in [0, 0.1) is 12.8 Å². The third-order valence-corrected chi connectivity index (χ3v) is 5.20. The van der Waals surface area contributed by atoms with Crippen molar-refractivity contribution < 1.29 is 0 Å². The van der Waals surface area contributed by atoms with E-state index in [-0.39, 0.29) is 0 Å². The molecule has 0 radical (unpaired) electrons. The second kappa shape index (κ2) is 5.34. The zero-order valence-corrected chi connectivity index (χ0v) is 12.4. The fourth-order valence-corrected chi connectivity index (χ4v) is 3.75. The van der Waals surface area contributed by atoms with Gasteiger partial charge in [0, 0.05) is 15.7 Å². The van der Waals surface area contributed by atoms with Crippen molar-refractivity contribution in [1.82, 2.24) is 0 Å². The van der Waals surface area contributed by atoms with Gasteiger partial charge in [-0.15, -0.1) is 11.3 Å². The average molecular weight is 268 g/mol. The summed E-state index contributed by atoms with van der Waals surface area (Å²) in [5.74, 6) is 1.40. The summed E-state index contributed by atoms with van der Waals surface area (Å²) in [4.78, 5) is 2.90. The Bertz CT molecular complexity index is 574. The monoisotopic (exact) mass is 268 g/mol. The lowest BCUT2D eigenvalue weighted by Crippen LogP contribution is -2.03. The van der Waals surface area contributed by atoms with Crippen molar-refractivity contribution in [1.29, 1.82) is 0 Å². The lowest BCUT2D eigenvalue weighted by atomic mass is 9.89. The van der Waals surface area contributed by atoms with Crippen LogP contribution in [0.4, 0.5) is 0 Å². The van der Waals surface area contributed by atoms with E-state index in [1.165, 1.54) is 33.7 Å². The van der Waals surface area contributed by atoms with Gasteiger partial charge in [-0.1, -0.05) is 48.9 Å². The molecule has 0 amide bonds. The van der Waals surface area contributed by atoms with Crippen LogP contribution >= 0.6 is 11.3 Å². The summed E-state index contributed by atoms with van der Waals surface area (Å²) in [6.07, 6.45) is 7.39. The SMILES string of the molecule is Cc1ccc(-c2ccc(C3C=CC(C)CC3)s2)cc1. The van der Waals surface area contributed by atoms with Crippen molar-refractivity contribution in [2.45, 2.75) is 32.6 Å². The number of benzene rings is 1. The zero-order valence-electron chi connectivity index (χ0n) is 11.6. The maximum Gasteiger partial charge on any atom is 0.0345 e. The Morgan fingerprint density at radius 3 is 2.42 bits per heavy atom. The van der Waals surface area contributed by atoms with Gasteiger partial charge < -0.3 is 0 Å². The highest BCUT2D eigenvalue weighted by atomic mass is 32.1. The minimum atomic E-state index is 0.639. The van der Waals surface area contributed by atoms with E-state index in [0.29, 0.717) is 5.92 Å². The normalized spacial score (nSPS) is 22.6. The number of hydrogen-bond acceptors (Lipinski definition) is 1. The van der Waals surface area contributed by atoms with Crippen molar-refractivity contribution in [3.8, 4) is 10.4 Å². The summed E-state index contributed by atoms with van der Waals surface area (Å²) >= 11 is 1.95. The molecule has 1 aromatic carbocycles. The summed E-state index contributed by atoms with van der Waals surface area (Å²) in [7, 11) is 0. The van der Waals surface area contributed by atoms with E-state index in [0.717, 1.165) is 5.92 Å². The van der Waals surface area contributed by atoms with Gasteiger partial charge in [0.1, 0.15) is 0 Å². The van der Waals surface area contributed by atoms with Gasteiger partial charge in [-0.3, -0.25) is 0 Å². The molecular formula is C18H20S. The molecular weight excluding hydrogens is 248 g/mol. The first-order valence-corrected chi connectivity index (χ1v) is 7.89. The molecule has 0 saturated heterocycles. The molecule has 3 rings (SSSR count). The van der Waals surface area contributed by atoms with Gasteiger partial charge in [0.05, 0.1) is 0 Å². The number of aryl methyl sites for hydroxylation is 1. The molecule has 0 fully saturated rings. The molecule has 0 nitrogen and oxygen atoms in total. The van der Waals surface area contributed by atoms with Crippen LogP contribution in [0.5, 0.6) is 0 Å². The Balaban J connectivity index is 1.83. The summed E-state index contributed by atoms with van der Waals surface area (Å²) < 4.78 is 0. The van der Waals surface area contributed by atoms with Crippen LogP contribution in [0.15, 0.2) is 48.6 Å². The maximum atomic E-state index is 2.40. The second-order valence-corrected chi connectivity index (χ2v) is 6.73. The highest BCUT2D eigenvalue weighted by Gasteiger charge is 2.16. The van der Waals surface area contributed by atoms with E-state index >= 15 is 0 Å². The van der Waals surface area contributed by atoms with Crippen molar-refractivity contribution in [2.75, 3.05) is 0 Å². The van der Waals surface area contributed by atoms with Gasteiger partial charge in [-0.05, 0) is 43.4 Å². The van der Waals surface area contributed by atoms with Gasteiger partial charge in [0.15, 0.2) is 0 Å². The molecule has 1 aliphatic carbocycles. The molecule has 2 aromatic rings. The lowest BCUT2D eigenvalue weighted by Gasteiger charge is -2.18. The van der Waals surface area contributed by atoms with Gasteiger partial charge in [0.2, 0.25) is 0 Å². The summed E-state index contributed by atoms with van der Waals surface area (Å²) in [6.45, 7) is 4.44. The quantitative estimate of drug-likeness (QED) is 0.604. The minimum Gasteiger partial charge on any atom is -0.140 e. The van der Waals surface area contributed by atoms with Gasteiger partial charge >= 0.3 is 0 Å². The minimum absolute atomic E-state index is 0.639. The van der Waals surface area contributed by atoms with Crippen LogP contribution in [-0.2, 0) is 0 Å². The van der Waals surface area contributed by atoms with Crippen molar-refractivity contribution in [2.24, 2.45) is 5.92 Å². The first kappa shape index (κ1) is 12.7. The van der Waals surface area contributed by atoms with Crippen LogP contribution in [0.2, 0.25) is 0 Å². The lowest BCUT2D eigenvalue weighted by molar-refractivity contribution is 0.549. The molecule has 1 heteroatoms. The largest absolute Gasteiger partial charge is 0.140 e. The van der Waals surface area contributed by atoms with Crippen LogP contribution in [0.1, 0.15) is 36.1 Å². The molecule has 2 unspecified atom stereocenters. The van der Waals surface area contributed by atoms with E-state index in [2.05, 4.69) is 62.4 Å². The van der Waals surface area contributed by atoms with Crippen molar-refractivity contribution in [3.05, 3.63) is 59.0 Å². The Hall–Kier alpha value is -1.34. The van der Waals surface area contributed by atoms with E-state index in [9.17, 15) is 0 Å². The predicted molar refractivity (Wildman–Crippen MR) is 84.8 cm³/mol. The van der Waals surface area contributed by atoms with Crippen molar-refractivity contribution >= 4 is 11.3 Å². The molecule has 1 aromatic heterocycles. The van der Waals surface area contributed by atoms with E-state index in [4.69, 9.17) is 0 Å². The third kappa shape index (κ3) is 2.82. The zero-order chi connectivity index (χ0) is 13.2. The van der Waals surface area contributed by atoms with Crippen LogP contribution in [0.3, 0.4) is 0 Å². The molecule has 1 aliphatic rings. The Morgan fingerprint density at radius 2 is 1.74 bits per heavy atom. The van der Waals surface area contributed by atoms with E-state index < -0.39 is 0 Å². The first-order chi connectivity index (χ1) is 9.22. The van der Waals surface area contributed by atoms with Crippen molar-refractivity contribution in [3.63, 3.8) is 0 Å². The number of thiophene rings is 1. The molecule has 0 spiro atoms. The molecule has 1 heterocycles. The molecule has 98 valence electrons. The van der Waals surface area contributed by atoms with Gasteiger partial charge in [0.25, 0.3) is 0 Å². The topological polar surface area (TPSA) is 0 Å². The molecule has 2 atom stereocenters. The van der Waals surface area contributed by atoms with E-state index in [1.54, 1.807) is 0 Å². The summed E-state index contributed by atoms with van der Waals surface area (Å²) in [5.41, 5.74) is 2.67. The Labute approximate surface area is 119 Å². The summed E-state index contributed by atoms with van der Waals surface area (Å²) in [5, 5.41) is 0. The molecule has 0 aliphatic heterocycles. The third-order valence-electron chi connectivity index (χ3n) is 3.93. The number of allylic oxidation sites excluding steroid dienone is 2. The van der Waals surface area contributed by atoms with Crippen LogP contribution in [0.25, 0.3) is 10.4 Å². The average Bonchev–Trinajstić information content (AvgIpc) is 2.90. The fourth-order valence-electron chi connectivity index (χ4n) is 2.62. The smallest absolute Gasteiger partial charge is 0.0345 e. The molecule has 19 heavy (non-hydrogen) atoms. The van der Waals surface area contributed by atoms with Crippen LogP contribution in [-0.4, -0.2) is 0 Å².